The summed E-state index contributed by atoms with van der Waals surface area (Å²) < 4.78 is 0. The summed E-state index contributed by atoms with van der Waals surface area (Å²) in [6.45, 7) is 8.52. The molecule has 0 saturated carbocycles. The number of pyridine rings is 2. The number of rotatable bonds is 7. The maximum Gasteiger partial charge on any atom is 0.138 e. The first-order valence-electron chi connectivity index (χ1n) is 11.9. The molecule has 0 atom stereocenters. The van der Waals surface area contributed by atoms with E-state index in [1.54, 1.807) is 11.3 Å². The number of allylic oxidation sites excluding steroid dienone is 1. The first-order valence-corrected chi connectivity index (χ1v) is 12.9. The molecular weight excluding hydrogens is 464 g/mol. The van der Waals surface area contributed by atoms with Gasteiger partial charge in [0.1, 0.15) is 11.3 Å². The summed E-state index contributed by atoms with van der Waals surface area (Å²) in [6.07, 6.45) is 6.49. The van der Waals surface area contributed by atoms with E-state index in [1.165, 1.54) is 11.1 Å². The molecule has 178 valence electrons. The summed E-state index contributed by atoms with van der Waals surface area (Å²) in [7, 11) is 0. The summed E-state index contributed by atoms with van der Waals surface area (Å²) in [5, 5.41) is 17.6. The predicted molar refractivity (Wildman–Crippen MR) is 150 cm³/mol. The summed E-state index contributed by atoms with van der Waals surface area (Å²) in [5.41, 5.74) is 10.0. The van der Waals surface area contributed by atoms with E-state index in [4.69, 9.17) is 0 Å². The highest BCUT2D eigenvalue weighted by Gasteiger charge is 2.15. The van der Waals surface area contributed by atoms with Crippen LogP contribution >= 0.6 is 11.3 Å². The minimum Gasteiger partial charge on any atom is -0.358 e. The molecule has 0 saturated heterocycles. The standard InChI is InChI=1S/C29H26N6S/c1-17(2)10-18(3)32-22-11-21(14-30-15-22)19-4-5-26-25(12-19)28(35-34-26)27-13-24-23(20-7-9-36-16-20)6-8-31-29(24)33-27/h4-9,11-17,32H,3,10H2,1-2H3,(H,31,33)(H,34,35). The van der Waals surface area contributed by atoms with Gasteiger partial charge < -0.3 is 10.3 Å². The van der Waals surface area contributed by atoms with Gasteiger partial charge in [-0.15, -0.1) is 0 Å². The van der Waals surface area contributed by atoms with E-state index in [0.717, 1.165) is 62.3 Å². The quantitative estimate of drug-likeness (QED) is 0.213. The van der Waals surface area contributed by atoms with Crippen LogP contribution in [0.25, 0.3) is 55.6 Å². The Hall–Kier alpha value is -4.23. The summed E-state index contributed by atoms with van der Waals surface area (Å²) in [4.78, 5) is 12.5. The SMILES string of the molecule is C=C(CC(C)C)Nc1cncc(-c2ccc3[nH]nc(-c4cc5c(-c6ccsc6)ccnc5[nH]4)c3c2)c1. The third-order valence-electron chi connectivity index (χ3n) is 6.23. The molecule has 0 bridgehead atoms. The number of H-pyrrole nitrogens is 2. The molecule has 7 heteroatoms. The van der Waals surface area contributed by atoms with Crippen molar-refractivity contribution < 1.29 is 0 Å². The second kappa shape index (κ2) is 9.09. The Morgan fingerprint density at radius 2 is 1.94 bits per heavy atom. The largest absolute Gasteiger partial charge is 0.358 e. The lowest BCUT2D eigenvalue weighted by molar-refractivity contribution is 0.645. The number of aromatic nitrogens is 5. The molecule has 5 heterocycles. The van der Waals surface area contributed by atoms with Gasteiger partial charge in [-0.25, -0.2) is 4.98 Å². The van der Waals surface area contributed by atoms with E-state index in [1.807, 2.05) is 18.6 Å². The van der Waals surface area contributed by atoms with Crippen LogP contribution in [0, 0.1) is 5.92 Å². The number of nitrogens with zero attached hydrogens (tertiary/aromatic N) is 3. The van der Waals surface area contributed by atoms with Crippen molar-refractivity contribution in [2.75, 3.05) is 5.32 Å². The Labute approximate surface area is 213 Å². The number of nitrogens with one attached hydrogen (secondary N) is 3. The third kappa shape index (κ3) is 4.18. The monoisotopic (exact) mass is 490 g/mol. The topological polar surface area (TPSA) is 82.3 Å². The number of fused-ring (bicyclic) bond motifs is 2. The number of hydrogen-bond donors (Lipinski definition) is 3. The molecule has 0 aliphatic carbocycles. The molecule has 36 heavy (non-hydrogen) atoms. The van der Waals surface area contributed by atoms with E-state index < -0.39 is 0 Å². The molecule has 0 aliphatic heterocycles. The van der Waals surface area contributed by atoms with Gasteiger partial charge >= 0.3 is 0 Å². The molecule has 6 aromatic rings. The van der Waals surface area contributed by atoms with Crippen molar-refractivity contribution in [2.24, 2.45) is 5.92 Å². The van der Waals surface area contributed by atoms with Crippen LogP contribution in [0.15, 0.2) is 84.1 Å². The zero-order valence-corrected chi connectivity index (χ0v) is 21.0. The fourth-order valence-corrected chi connectivity index (χ4v) is 5.29. The van der Waals surface area contributed by atoms with Gasteiger partial charge in [-0.1, -0.05) is 26.5 Å². The molecular formula is C29H26N6S. The van der Waals surface area contributed by atoms with Gasteiger partial charge in [0.15, 0.2) is 0 Å². The van der Waals surface area contributed by atoms with Crippen LogP contribution in [0.3, 0.4) is 0 Å². The third-order valence-corrected chi connectivity index (χ3v) is 6.91. The second-order valence-electron chi connectivity index (χ2n) is 9.44. The fourth-order valence-electron chi connectivity index (χ4n) is 4.64. The molecule has 6 nitrogen and oxygen atoms in total. The van der Waals surface area contributed by atoms with Crippen molar-refractivity contribution in [3.05, 3.63) is 84.1 Å². The number of hydrogen-bond acceptors (Lipinski definition) is 5. The van der Waals surface area contributed by atoms with Gasteiger partial charge in [-0.3, -0.25) is 10.1 Å². The van der Waals surface area contributed by atoms with Gasteiger partial charge in [0.25, 0.3) is 0 Å². The average Bonchev–Trinajstić information content (AvgIpc) is 3.62. The zero-order valence-electron chi connectivity index (χ0n) is 20.2. The number of thiophene rings is 1. The van der Waals surface area contributed by atoms with Crippen LogP contribution < -0.4 is 5.32 Å². The highest BCUT2D eigenvalue weighted by Crippen LogP contribution is 2.35. The first-order chi connectivity index (χ1) is 17.5. The number of aromatic amines is 2. The molecule has 3 N–H and O–H groups in total. The second-order valence-corrected chi connectivity index (χ2v) is 10.2. The van der Waals surface area contributed by atoms with E-state index in [-0.39, 0.29) is 0 Å². The van der Waals surface area contributed by atoms with Gasteiger partial charge in [-0.2, -0.15) is 16.4 Å². The van der Waals surface area contributed by atoms with Crippen molar-refractivity contribution in [3.8, 4) is 33.6 Å². The zero-order chi connectivity index (χ0) is 24.6. The van der Waals surface area contributed by atoms with Gasteiger partial charge in [-0.05, 0) is 76.2 Å². The van der Waals surface area contributed by atoms with E-state index >= 15 is 0 Å². The Morgan fingerprint density at radius 1 is 1.03 bits per heavy atom. The molecule has 0 aliphatic rings. The van der Waals surface area contributed by atoms with Crippen LogP contribution in [-0.2, 0) is 0 Å². The average molecular weight is 491 g/mol. The molecule has 5 aromatic heterocycles. The highest BCUT2D eigenvalue weighted by molar-refractivity contribution is 7.08. The lowest BCUT2D eigenvalue weighted by Crippen LogP contribution is -2.02. The van der Waals surface area contributed by atoms with Crippen LogP contribution in [0.2, 0.25) is 0 Å². The maximum absolute atomic E-state index is 4.65. The van der Waals surface area contributed by atoms with E-state index in [0.29, 0.717) is 5.92 Å². The Balaban J connectivity index is 1.38. The molecule has 1 aromatic carbocycles. The van der Waals surface area contributed by atoms with Crippen molar-refractivity contribution in [3.63, 3.8) is 0 Å². The molecule has 0 unspecified atom stereocenters. The minimum absolute atomic E-state index is 0.546. The number of benzene rings is 1. The minimum atomic E-state index is 0.546. The van der Waals surface area contributed by atoms with Crippen LogP contribution in [0.5, 0.6) is 0 Å². The van der Waals surface area contributed by atoms with Crippen molar-refractivity contribution in [1.29, 1.82) is 0 Å². The van der Waals surface area contributed by atoms with Crippen molar-refractivity contribution in [1.82, 2.24) is 25.1 Å². The van der Waals surface area contributed by atoms with E-state index in [9.17, 15) is 0 Å². The van der Waals surface area contributed by atoms with Gasteiger partial charge in [0, 0.05) is 34.4 Å². The first kappa shape index (κ1) is 22.2. The lowest BCUT2D eigenvalue weighted by Gasteiger charge is -2.12. The van der Waals surface area contributed by atoms with Crippen molar-refractivity contribution in [2.45, 2.75) is 20.3 Å². The van der Waals surface area contributed by atoms with E-state index in [2.05, 4.69) is 104 Å². The lowest BCUT2D eigenvalue weighted by atomic mass is 10.0. The van der Waals surface area contributed by atoms with Crippen LogP contribution in [-0.4, -0.2) is 25.1 Å². The summed E-state index contributed by atoms with van der Waals surface area (Å²) in [6, 6.07) is 14.8. The maximum atomic E-state index is 4.65. The Kier molecular flexibility index (Phi) is 5.62. The predicted octanol–water partition coefficient (Wildman–Crippen LogP) is 7.87. The fraction of sp³-hybridized carbons (Fsp3) is 0.138. The van der Waals surface area contributed by atoms with Crippen molar-refractivity contribution >= 4 is 39.0 Å². The molecule has 6 rings (SSSR count). The smallest absolute Gasteiger partial charge is 0.138 e. The Morgan fingerprint density at radius 3 is 2.78 bits per heavy atom. The van der Waals surface area contributed by atoms with Gasteiger partial charge in [0.2, 0.25) is 0 Å². The normalized spacial score (nSPS) is 11.5. The molecule has 0 amide bonds. The molecule has 0 spiro atoms. The summed E-state index contributed by atoms with van der Waals surface area (Å²) in [5.74, 6) is 0.546. The summed E-state index contributed by atoms with van der Waals surface area (Å²) >= 11 is 1.69. The van der Waals surface area contributed by atoms with Crippen LogP contribution in [0.4, 0.5) is 5.69 Å². The number of anilines is 1. The highest BCUT2D eigenvalue weighted by atomic mass is 32.1. The van der Waals surface area contributed by atoms with Crippen LogP contribution in [0.1, 0.15) is 20.3 Å². The van der Waals surface area contributed by atoms with Gasteiger partial charge in [0.05, 0.1) is 23.1 Å². The Bertz CT molecular complexity index is 1690. The molecule has 0 radical (unpaired) electrons. The molecule has 0 fully saturated rings.